The summed E-state index contributed by atoms with van der Waals surface area (Å²) in [7, 11) is 0. The number of carbonyl (C=O) groups is 2. The summed E-state index contributed by atoms with van der Waals surface area (Å²) in [6.07, 6.45) is 0.819. The van der Waals surface area contributed by atoms with E-state index in [0.717, 1.165) is 17.7 Å². The first-order valence-corrected chi connectivity index (χ1v) is 8.90. The highest BCUT2D eigenvalue weighted by Gasteiger charge is 2.15. The lowest BCUT2D eigenvalue weighted by atomic mass is 10.2. The van der Waals surface area contributed by atoms with E-state index in [9.17, 15) is 9.59 Å². The Morgan fingerprint density at radius 3 is 2.11 bits per heavy atom. The van der Waals surface area contributed by atoms with Gasteiger partial charge in [-0.15, -0.1) is 0 Å². The molecule has 0 unspecified atom stereocenters. The minimum Gasteiger partial charge on any atom is -0.325 e. The molecule has 0 saturated carbocycles. The molecule has 2 rings (SSSR count). The van der Waals surface area contributed by atoms with Gasteiger partial charge in [-0.2, -0.15) is 5.26 Å². The zero-order valence-corrected chi connectivity index (χ0v) is 15.7. The fourth-order valence-electron chi connectivity index (χ4n) is 2.72. The fraction of sp³-hybridized carbons (Fsp3) is 0.286. The molecule has 0 aliphatic carbocycles. The predicted octanol–water partition coefficient (Wildman–Crippen LogP) is 3.16. The summed E-state index contributed by atoms with van der Waals surface area (Å²) in [5.41, 5.74) is 2.64. The van der Waals surface area contributed by atoms with Crippen LogP contribution in [0, 0.1) is 18.3 Å². The third-order valence-electron chi connectivity index (χ3n) is 4.02. The van der Waals surface area contributed by atoms with Crippen LogP contribution in [-0.4, -0.2) is 36.3 Å². The molecule has 0 fully saturated rings. The number of rotatable bonds is 8. The van der Waals surface area contributed by atoms with Gasteiger partial charge in [0.1, 0.15) is 6.07 Å². The lowest BCUT2D eigenvalue weighted by Gasteiger charge is -2.21. The van der Waals surface area contributed by atoms with E-state index in [1.54, 1.807) is 29.2 Å². The summed E-state index contributed by atoms with van der Waals surface area (Å²) in [6, 6.07) is 16.5. The molecule has 2 aromatic rings. The second-order valence-corrected chi connectivity index (χ2v) is 6.28. The van der Waals surface area contributed by atoms with Crippen molar-refractivity contribution in [1.82, 2.24) is 4.90 Å². The number of nitriles is 1. The number of nitrogens with one attached hydrogen (secondary N) is 2. The summed E-state index contributed by atoms with van der Waals surface area (Å²) in [4.78, 5) is 26.5. The molecule has 0 aliphatic rings. The van der Waals surface area contributed by atoms with E-state index in [0.29, 0.717) is 17.8 Å². The lowest BCUT2D eigenvalue weighted by Crippen LogP contribution is -2.39. The summed E-state index contributed by atoms with van der Waals surface area (Å²) in [6.45, 7) is 4.74. The molecule has 0 aromatic heterocycles. The van der Waals surface area contributed by atoms with Gasteiger partial charge in [-0.1, -0.05) is 37.3 Å². The van der Waals surface area contributed by atoms with Crippen LogP contribution in [0.15, 0.2) is 48.5 Å². The maximum absolute atomic E-state index is 12.4. The molecule has 0 spiro atoms. The van der Waals surface area contributed by atoms with E-state index in [1.807, 2.05) is 38.1 Å². The maximum Gasteiger partial charge on any atom is 0.238 e. The van der Waals surface area contributed by atoms with Gasteiger partial charge in [0.2, 0.25) is 11.8 Å². The van der Waals surface area contributed by atoms with Crippen LogP contribution in [0.2, 0.25) is 0 Å². The minimum absolute atomic E-state index is 0.0782. The summed E-state index contributed by atoms with van der Waals surface area (Å²) >= 11 is 0. The topological polar surface area (TPSA) is 85.2 Å². The molecule has 2 aromatic carbocycles. The van der Waals surface area contributed by atoms with E-state index in [4.69, 9.17) is 5.26 Å². The molecule has 27 heavy (non-hydrogen) atoms. The Bertz CT molecular complexity index is 842. The largest absolute Gasteiger partial charge is 0.325 e. The van der Waals surface area contributed by atoms with Gasteiger partial charge in [-0.05, 0) is 43.7 Å². The summed E-state index contributed by atoms with van der Waals surface area (Å²) in [5.74, 6) is -0.419. The summed E-state index contributed by atoms with van der Waals surface area (Å²) < 4.78 is 0. The number of hydrogen-bond donors (Lipinski definition) is 2. The van der Waals surface area contributed by atoms with Crippen molar-refractivity contribution in [3.05, 3.63) is 59.7 Å². The average Bonchev–Trinajstić information content (AvgIpc) is 2.64. The van der Waals surface area contributed by atoms with Crippen molar-refractivity contribution in [2.75, 3.05) is 30.3 Å². The monoisotopic (exact) mass is 364 g/mol. The third-order valence-corrected chi connectivity index (χ3v) is 4.02. The van der Waals surface area contributed by atoms with Gasteiger partial charge in [0.15, 0.2) is 0 Å². The van der Waals surface area contributed by atoms with Crippen LogP contribution in [0.1, 0.15) is 24.5 Å². The van der Waals surface area contributed by atoms with Gasteiger partial charge in [-0.3, -0.25) is 14.5 Å². The zero-order chi connectivity index (χ0) is 19.6. The molecule has 0 heterocycles. The van der Waals surface area contributed by atoms with E-state index in [-0.39, 0.29) is 24.9 Å². The Morgan fingerprint density at radius 1 is 0.963 bits per heavy atom. The molecule has 0 saturated heterocycles. The van der Waals surface area contributed by atoms with E-state index in [1.165, 1.54) is 0 Å². The van der Waals surface area contributed by atoms with E-state index in [2.05, 4.69) is 16.7 Å². The third kappa shape index (κ3) is 6.24. The molecular weight excluding hydrogens is 340 g/mol. The van der Waals surface area contributed by atoms with Crippen LogP contribution in [0.3, 0.4) is 0 Å². The van der Waals surface area contributed by atoms with Crippen LogP contribution in [0.25, 0.3) is 0 Å². The molecule has 0 bridgehead atoms. The van der Waals surface area contributed by atoms with E-state index >= 15 is 0 Å². The van der Waals surface area contributed by atoms with Crippen molar-refractivity contribution in [1.29, 1.82) is 5.26 Å². The standard InChI is InChI=1S/C21H24N4O2/c1-3-12-25(14-20(26)23-18-10-6-4-8-16(18)2)15-21(27)24-19-11-7-5-9-17(19)13-22/h4-11H,3,12,14-15H2,1-2H3,(H,23,26)(H,24,27). The fourth-order valence-corrected chi connectivity index (χ4v) is 2.72. The number of hydrogen-bond acceptors (Lipinski definition) is 4. The highest BCUT2D eigenvalue weighted by atomic mass is 16.2. The van der Waals surface area contributed by atoms with Gasteiger partial charge in [0.05, 0.1) is 24.3 Å². The highest BCUT2D eigenvalue weighted by Crippen LogP contribution is 2.14. The van der Waals surface area contributed by atoms with Crippen molar-refractivity contribution in [3.8, 4) is 6.07 Å². The van der Waals surface area contributed by atoms with Crippen molar-refractivity contribution < 1.29 is 9.59 Å². The number of anilines is 2. The van der Waals surface area contributed by atoms with Crippen LogP contribution < -0.4 is 10.6 Å². The predicted molar refractivity (Wildman–Crippen MR) is 106 cm³/mol. The van der Waals surface area contributed by atoms with E-state index < -0.39 is 0 Å². The quantitative estimate of drug-likeness (QED) is 0.753. The number of benzene rings is 2. The van der Waals surface area contributed by atoms with Crippen molar-refractivity contribution in [2.24, 2.45) is 0 Å². The first kappa shape index (κ1) is 20.1. The SMILES string of the molecule is CCCN(CC(=O)Nc1ccccc1C)CC(=O)Nc1ccccc1C#N. The Hall–Kier alpha value is -3.17. The second kappa shape index (κ2) is 10.1. The van der Waals surface area contributed by atoms with Crippen molar-refractivity contribution >= 4 is 23.2 Å². The van der Waals surface area contributed by atoms with Gasteiger partial charge >= 0.3 is 0 Å². The highest BCUT2D eigenvalue weighted by molar-refractivity contribution is 5.95. The Labute approximate surface area is 159 Å². The molecule has 0 aliphatic heterocycles. The van der Waals surface area contributed by atoms with Crippen LogP contribution in [-0.2, 0) is 9.59 Å². The number of carbonyl (C=O) groups excluding carboxylic acids is 2. The van der Waals surface area contributed by atoms with Gasteiger partial charge in [0, 0.05) is 5.69 Å². The number of para-hydroxylation sites is 2. The first-order chi connectivity index (χ1) is 13.0. The van der Waals surface area contributed by atoms with Crippen molar-refractivity contribution in [2.45, 2.75) is 20.3 Å². The minimum atomic E-state index is -0.255. The molecular formula is C21H24N4O2. The molecule has 2 N–H and O–H groups in total. The molecule has 140 valence electrons. The van der Waals surface area contributed by atoms with Crippen LogP contribution >= 0.6 is 0 Å². The lowest BCUT2D eigenvalue weighted by molar-refractivity contribution is -0.120. The second-order valence-electron chi connectivity index (χ2n) is 6.28. The Morgan fingerprint density at radius 2 is 1.52 bits per heavy atom. The molecule has 0 radical (unpaired) electrons. The Kier molecular flexibility index (Phi) is 7.53. The van der Waals surface area contributed by atoms with Gasteiger partial charge < -0.3 is 10.6 Å². The molecule has 2 amide bonds. The molecule has 6 heteroatoms. The smallest absolute Gasteiger partial charge is 0.238 e. The summed E-state index contributed by atoms with van der Waals surface area (Å²) in [5, 5.41) is 14.7. The van der Waals surface area contributed by atoms with Gasteiger partial charge in [0.25, 0.3) is 0 Å². The Balaban J connectivity index is 1.96. The van der Waals surface area contributed by atoms with Gasteiger partial charge in [-0.25, -0.2) is 0 Å². The molecule has 0 atom stereocenters. The maximum atomic E-state index is 12.4. The average molecular weight is 364 g/mol. The first-order valence-electron chi connectivity index (χ1n) is 8.90. The number of aryl methyl sites for hydroxylation is 1. The number of nitrogens with zero attached hydrogens (tertiary/aromatic N) is 2. The van der Waals surface area contributed by atoms with Crippen molar-refractivity contribution in [3.63, 3.8) is 0 Å². The van der Waals surface area contributed by atoms with Crippen LogP contribution in [0.5, 0.6) is 0 Å². The number of amides is 2. The zero-order valence-electron chi connectivity index (χ0n) is 15.7. The molecule has 6 nitrogen and oxygen atoms in total. The normalized spacial score (nSPS) is 10.3. The van der Waals surface area contributed by atoms with Crippen LogP contribution in [0.4, 0.5) is 11.4 Å².